The van der Waals surface area contributed by atoms with E-state index in [1.807, 2.05) is 26.0 Å². The average Bonchev–Trinajstić information content (AvgIpc) is 2.48. The van der Waals surface area contributed by atoms with E-state index in [1.54, 1.807) is 25.4 Å². The number of carbonyl (C=O) groups is 1. The highest BCUT2D eigenvalue weighted by atomic mass is 16.5. The number of hydrogen-bond acceptors (Lipinski definition) is 4. The van der Waals surface area contributed by atoms with Crippen molar-refractivity contribution in [1.82, 2.24) is 4.98 Å². The molecule has 1 aromatic carbocycles. The first-order chi connectivity index (χ1) is 9.56. The van der Waals surface area contributed by atoms with Gasteiger partial charge in [-0.2, -0.15) is 0 Å². The molecule has 0 saturated carbocycles. The Morgan fingerprint density at radius 3 is 2.65 bits per heavy atom. The van der Waals surface area contributed by atoms with Crippen LogP contribution in [0.25, 0.3) is 0 Å². The SMILES string of the molecule is COc1cc(C)c(C(=O)c2ccnc(CN)c2)cc1C. The van der Waals surface area contributed by atoms with Crippen LogP contribution in [-0.2, 0) is 6.54 Å². The van der Waals surface area contributed by atoms with E-state index < -0.39 is 0 Å². The molecule has 0 atom stereocenters. The highest BCUT2D eigenvalue weighted by Crippen LogP contribution is 2.24. The van der Waals surface area contributed by atoms with Gasteiger partial charge in [0.15, 0.2) is 5.78 Å². The Labute approximate surface area is 118 Å². The summed E-state index contributed by atoms with van der Waals surface area (Å²) in [6.45, 7) is 4.15. The lowest BCUT2D eigenvalue weighted by Gasteiger charge is -2.11. The zero-order valence-corrected chi connectivity index (χ0v) is 11.9. The average molecular weight is 270 g/mol. The third-order valence-corrected chi connectivity index (χ3v) is 3.27. The summed E-state index contributed by atoms with van der Waals surface area (Å²) in [7, 11) is 1.62. The number of ether oxygens (including phenoxy) is 1. The van der Waals surface area contributed by atoms with Crippen molar-refractivity contribution in [3.63, 3.8) is 0 Å². The molecule has 1 aromatic heterocycles. The second-order valence-corrected chi connectivity index (χ2v) is 4.71. The zero-order valence-electron chi connectivity index (χ0n) is 11.9. The molecule has 2 aromatic rings. The Morgan fingerprint density at radius 2 is 2.00 bits per heavy atom. The molecule has 104 valence electrons. The Kier molecular flexibility index (Phi) is 4.15. The maximum Gasteiger partial charge on any atom is 0.193 e. The highest BCUT2D eigenvalue weighted by molar-refractivity contribution is 6.10. The van der Waals surface area contributed by atoms with Crippen LogP contribution in [0.2, 0.25) is 0 Å². The Bertz CT molecular complexity index is 651. The number of benzene rings is 1. The molecule has 0 spiro atoms. The van der Waals surface area contributed by atoms with Crippen LogP contribution in [0.1, 0.15) is 32.7 Å². The third-order valence-electron chi connectivity index (χ3n) is 3.27. The van der Waals surface area contributed by atoms with Crippen LogP contribution in [0.4, 0.5) is 0 Å². The summed E-state index contributed by atoms with van der Waals surface area (Å²) >= 11 is 0. The molecule has 2 N–H and O–H groups in total. The standard InChI is InChI=1S/C16H18N2O2/c1-10-7-15(20-3)11(2)6-14(10)16(19)12-4-5-18-13(8-12)9-17/h4-8H,9,17H2,1-3H3. The number of nitrogens with zero attached hydrogens (tertiary/aromatic N) is 1. The number of methoxy groups -OCH3 is 1. The molecule has 20 heavy (non-hydrogen) atoms. The minimum atomic E-state index is -0.0228. The van der Waals surface area contributed by atoms with Crippen LogP contribution in [0.5, 0.6) is 5.75 Å². The third kappa shape index (κ3) is 2.70. The molecule has 1 heterocycles. The van der Waals surface area contributed by atoms with E-state index in [2.05, 4.69) is 4.98 Å². The Hall–Kier alpha value is -2.20. The van der Waals surface area contributed by atoms with E-state index in [4.69, 9.17) is 10.5 Å². The second kappa shape index (κ2) is 5.84. The predicted octanol–water partition coefficient (Wildman–Crippen LogP) is 2.40. The summed E-state index contributed by atoms with van der Waals surface area (Å²) in [4.78, 5) is 16.7. The first-order valence-corrected chi connectivity index (χ1v) is 6.41. The molecule has 0 aliphatic carbocycles. The van der Waals surface area contributed by atoms with Gasteiger partial charge in [-0.05, 0) is 49.2 Å². The van der Waals surface area contributed by atoms with Crippen molar-refractivity contribution in [2.75, 3.05) is 7.11 Å². The summed E-state index contributed by atoms with van der Waals surface area (Å²) in [5, 5.41) is 0. The number of rotatable bonds is 4. The maximum atomic E-state index is 12.6. The lowest BCUT2D eigenvalue weighted by Crippen LogP contribution is -2.07. The monoisotopic (exact) mass is 270 g/mol. The first kappa shape index (κ1) is 14.2. The molecule has 2 rings (SSSR count). The van der Waals surface area contributed by atoms with Crippen LogP contribution < -0.4 is 10.5 Å². The van der Waals surface area contributed by atoms with Crippen molar-refractivity contribution in [2.24, 2.45) is 5.73 Å². The minimum Gasteiger partial charge on any atom is -0.496 e. The first-order valence-electron chi connectivity index (χ1n) is 6.41. The smallest absolute Gasteiger partial charge is 0.193 e. The normalized spacial score (nSPS) is 10.4. The van der Waals surface area contributed by atoms with Gasteiger partial charge in [0.05, 0.1) is 12.8 Å². The van der Waals surface area contributed by atoms with Gasteiger partial charge in [-0.25, -0.2) is 0 Å². The van der Waals surface area contributed by atoms with Gasteiger partial charge in [0, 0.05) is 23.9 Å². The molecular formula is C16H18N2O2. The molecular weight excluding hydrogens is 252 g/mol. The Balaban J connectivity index is 2.45. The molecule has 0 aliphatic rings. The van der Waals surface area contributed by atoms with Crippen molar-refractivity contribution in [2.45, 2.75) is 20.4 Å². The minimum absolute atomic E-state index is 0.0228. The number of carbonyl (C=O) groups excluding carboxylic acids is 1. The quantitative estimate of drug-likeness (QED) is 0.866. The Morgan fingerprint density at radius 1 is 1.25 bits per heavy atom. The van der Waals surface area contributed by atoms with Crippen molar-refractivity contribution in [1.29, 1.82) is 0 Å². The fourth-order valence-corrected chi connectivity index (χ4v) is 2.14. The van der Waals surface area contributed by atoms with Gasteiger partial charge < -0.3 is 10.5 Å². The summed E-state index contributed by atoms with van der Waals surface area (Å²) in [6.07, 6.45) is 1.61. The van der Waals surface area contributed by atoms with Gasteiger partial charge in [0.2, 0.25) is 0 Å². The predicted molar refractivity (Wildman–Crippen MR) is 78.0 cm³/mol. The fourth-order valence-electron chi connectivity index (χ4n) is 2.14. The lowest BCUT2D eigenvalue weighted by atomic mass is 9.97. The molecule has 0 aliphatic heterocycles. The van der Waals surface area contributed by atoms with Gasteiger partial charge in [-0.1, -0.05) is 0 Å². The second-order valence-electron chi connectivity index (χ2n) is 4.71. The number of pyridine rings is 1. The van der Waals surface area contributed by atoms with Crippen LogP contribution in [-0.4, -0.2) is 17.9 Å². The fraction of sp³-hybridized carbons (Fsp3) is 0.250. The molecule has 0 saturated heterocycles. The van der Waals surface area contributed by atoms with Gasteiger partial charge in [-0.15, -0.1) is 0 Å². The van der Waals surface area contributed by atoms with Gasteiger partial charge >= 0.3 is 0 Å². The topological polar surface area (TPSA) is 65.2 Å². The van der Waals surface area contributed by atoms with E-state index in [-0.39, 0.29) is 5.78 Å². The molecule has 0 bridgehead atoms. The molecule has 0 radical (unpaired) electrons. The molecule has 4 heteroatoms. The number of aryl methyl sites for hydroxylation is 2. The summed E-state index contributed by atoms with van der Waals surface area (Å²) in [5.41, 5.74) is 9.38. The zero-order chi connectivity index (χ0) is 14.7. The van der Waals surface area contributed by atoms with Gasteiger partial charge in [-0.3, -0.25) is 9.78 Å². The van der Waals surface area contributed by atoms with E-state index >= 15 is 0 Å². The maximum absolute atomic E-state index is 12.6. The summed E-state index contributed by atoms with van der Waals surface area (Å²) in [6, 6.07) is 7.19. The van der Waals surface area contributed by atoms with E-state index in [0.717, 1.165) is 16.9 Å². The van der Waals surface area contributed by atoms with Crippen LogP contribution in [0.3, 0.4) is 0 Å². The van der Waals surface area contributed by atoms with Gasteiger partial charge in [0.1, 0.15) is 5.75 Å². The molecule has 4 nitrogen and oxygen atoms in total. The van der Waals surface area contributed by atoms with Crippen molar-refractivity contribution >= 4 is 5.78 Å². The van der Waals surface area contributed by atoms with Crippen molar-refractivity contribution < 1.29 is 9.53 Å². The highest BCUT2D eigenvalue weighted by Gasteiger charge is 2.14. The van der Waals surface area contributed by atoms with Crippen LogP contribution in [0, 0.1) is 13.8 Å². The number of hydrogen-bond donors (Lipinski definition) is 1. The van der Waals surface area contributed by atoms with Crippen LogP contribution >= 0.6 is 0 Å². The van der Waals surface area contributed by atoms with Crippen molar-refractivity contribution in [3.8, 4) is 5.75 Å². The molecule has 0 unspecified atom stereocenters. The van der Waals surface area contributed by atoms with Gasteiger partial charge in [0.25, 0.3) is 0 Å². The van der Waals surface area contributed by atoms with Crippen LogP contribution in [0.15, 0.2) is 30.5 Å². The van der Waals surface area contributed by atoms with E-state index in [9.17, 15) is 4.79 Å². The summed E-state index contributed by atoms with van der Waals surface area (Å²) in [5.74, 6) is 0.766. The number of nitrogens with two attached hydrogens (primary N) is 1. The largest absolute Gasteiger partial charge is 0.496 e. The molecule has 0 amide bonds. The lowest BCUT2D eigenvalue weighted by molar-refractivity contribution is 0.103. The molecule has 0 fully saturated rings. The van der Waals surface area contributed by atoms with E-state index in [0.29, 0.717) is 23.4 Å². The summed E-state index contributed by atoms with van der Waals surface area (Å²) < 4.78 is 5.26. The number of aromatic nitrogens is 1. The van der Waals surface area contributed by atoms with Crippen molar-refractivity contribution in [3.05, 3.63) is 58.4 Å². The number of ketones is 1. The van der Waals surface area contributed by atoms with E-state index in [1.165, 1.54) is 0 Å².